The van der Waals surface area contributed by atoms with Crippen LogP contribution in [-0.2, 0) is 4.74 Å². The molecule has 0 aliphatic heterocycles. The first-order valence-corrected chi connectivity index (χ1v) is 6.54. The van der Waals surface area contributed by atoms with Crippen molar-refractivity contribution in [3.8, 4) is 0 Å². The molecule has 0 radical (unpaired) electrons. The van der Waals surface area contributed by atoms with E-state index in [4.69, 9.17) is 4.74 Å². The second-order valence-electron chi connectivity index (χ2n) is 6.02. The van der Waals surface area contributed by atoms with E-state index in [1.165, 1.54) is 6.07 Å². The van der Waals surface area contributed by atoms with Crippen molar-refractivity contribution < 1.29 is 73.9 Å². The van der Waals surface area contributed by atoms with Crippen LogP contribution in [0, 0.1) is 6.92 Å². The molecule has 0 aliphatic carbocycles. The van der Waals surface area contributed by atoms with Gasteiger partial charge in [-0.1, -0.05) is 17.7 Å². The molecule has 0 unspecified atom stereocenters. The number of ether oxygens (including phenoxy) is 1. The fraction of sp³-hybridized carbons (Fsp3) is 0.357. The minimum absolute atomic E-state index is 0. The Morgan fingerprint density at radius 1 is 1.18 bits per heavy atom. The summed E-state index contributed by atoms with van der Waals surface area (Å²) in [5, 5.41) is 0.370. The van der Waals surface area contributed by atoms with E-state index in [1.807, 2.05) is 0 Å². The van der Waals surface area contributed by atoms with Gasteiger partial charge in [0.15, 0.2) is 0 Å². The van der Waals surface area contributed by atoms with Crippen molar-refractivity contribution in [2.75, 3.05) is 0 Å². The Morgan fingerprint density at radius 3 is 2.27 bits per heavy atom. The summed E-state index contributed by atoms with van der Waals surface area (Å²) in [6.07, 6.45) is -1.02. The SMILES string of the molecule is Cc1ccc2c(c1)cc([B-](F)(F)F)n2C(=O)OC(C)(C)C.[K+]. The van der Waals surface area contributed by atoms with Gasteiger partial charge in [-0.15, -0.1) is 0 Å². The first-order chi connectivity index (χ1) is 9.49. The molecule has 0 spiro atoms. The first kappa shape index (κ1) is 19.8. The molecule has 114 valence electrons. The molecule has 0 fully saturated rings. The van der Waals surface area contributed by atoms with E-state index in [0.717, 1.165) is 11.6 Å². The quantitative estimate of drug-likeness (QED) is 0.721. The monoisotopic (exact) mass is 337 g/mol. The maximum absolute atomic E-state index is 13.2. The Balaban J connectivity index is 0.00000242. The fourth-order valence-electron chi connectivity index (χ4n) is 2.11. The average Bonchev–Trinajstić information content (AvgIpc) is 2.64. The smallest absolute Gasteiger partial charge is 0.444 e. The van der Waals surface area contributed by atoms with Gasteiger partial charge in [-0.05, 0) is 50.8 Å². The molecule has 0 bridgehead atoms. The molecule has 8 heteroatoms. The van der Waals surface area contributed by atoms with Crippen molar-refractivity contribution in [1.82, 2.24) is 4.57 Å². The molecule has 1 aromatic heterocycles. The third kappa shape index (κ3) is 4.38. The molecule has 0 saturated heterocycles. The predicted molar refractivity (Wildman–Crippen MR) is 77.0 cm³/mol. The molecule has 0 amide bonds. The summed E-state index contributed by atoms with van der Waals surface area (Å²) < 4.78 is 45.3. The molecule has 1 aromatic carbocycles. The van der Waals surface area contributed by atoms with E-state index in [-0.39, 0.29) is 56.9 Å². The average molecular weight is 337 g/mol. The van der Waals surface area contributed by atoms with Gasteiger partial charge >= 0.3 is 64.5 Å². The molecule has 2 aromatic rings. The van der Waals surface area contributed by atoms with Crippen molar-refractivity contribution in [2.45, 2.75) is 33.3 Å². The second-order valence-corrected chi connectivity index (χ2v) is 6.02. The van der Waals surface area contributed by atoms with Crippen LogP contribution < -0.4 is 57.0 Å². The number of halogens is 3. The number of hydrogen-bond acceptors (Lipinski definition) is 2. The van der Waals surface area contributed by atoms with Crippen LogP contribution in [0.1, 0.15) is 26.3 Å². The van der Waals surface area contributed by atoms with Gasteiger partial charge in [0, 0.05) is 0 Å². The second kappa shape index (κ2) is 6.68. The van der Waals surface area contributed by atoms with Crippen LogP contribution in [-0.4, -0.2) is 23.2 Å². The summed E-state index contributed by atoms with van der Waals surface area (Å²) in [6.45, 7) is 1.29. The van der Waals surface area contributed by atoms with E-state index in [9.17, 15) is 17.7 Å². The zero-order valence-electron chi connectivity index (χ0n) is 13.3. The maximum atomic E-state index is 13.2. The van der Waals surface area contributed by atoms with Crippen molar-refractivity contribution in [1.29, 1.82) is 0 Å². The summed E-state index contributed by atoms with van der Waals surface area (Å²) in [4.78, 5) is 12.1. The molecule has 0 atom stereocenters. The Hall–Kier alpha value is -0.279. The number of hydrogen-bond donors (Lipinski definition) is 0. The molecular weight excluding hydrogens is 321 g/mol. The van der Waals surface area contributed by atoms with Gasteiger partial charge in [0.2, 0.25) is 0 Å². The summed E-state index contributed by atoms with van der Waals surface area (Å²) in [5.74, 6) is 0. The fourth-order valence-corrected chi connectivity index (χ4v) is 2.11. The molecule has 0 N–H and O–H groups in total. The molecular formula is C14H16BF3KNO2. The molecule has 22 heavy (non-hydrogen) atoms. The Labute approximate surface area is 169 Å². The number of carbonyl (C=O) groups excluding carboxylic acids is 1. The Bertz CT molecular complexity index is 704. The first-order valence-electron chi connectivity index (χ1n) is 6.54. The van der Waals surface area contributed by atoms with Crippen molar-refractivity contribution in [2.24, 2.45) is 0 Å². The summed E-state index contributed by atoms with van der Waals surface area (Å²) in [5.41, 5.74) is -0.812. The van der Waals surface area contributed by atoms with E-state index in [0.29, 0.717) is 9.95 Å². The predicted octanol–water partition coefficient (Wildman–Crippen LogP) is 0.791. The van der Waals surface area contributed by atoms with E-state index in [2.05, 4.69) is 0 Å². The number of aromatic nitrogens is 1. The largest absolute Gasteiger partial charge is 1.00 e. The van der Waals surface area contributed by atoms with Crippen LogP contribution >= 0.6 is 0 Å². The third-order valence-electron chi connectivity index (χ3n) is 2.90. The number of aryl methyl sites for hydroxylation is 1. The third-order valence-corrected chi connectivity index (χ3v) is 2.90. The van der Waals surface area contributed by atoms with Crippen molar-refractivity contribution >= 4 is 29.6 Å². The number of benzene rings is 1. The zero-order valence-corrected chi connectivity index (χ0v) is 16.4. The Morgan fingerprint density at radius 2 is 1.77 bits per heavy atom. The number of fused-ring (bicyclic) bond motifs is 1. The van der Waals surface area contributed by atoms with Crippen LogP contribution in [0.4, 0.5) is 17.7 Å². The number of carbonyl (C=O) groups is 1. The van der Waals surface area contributed by atoms with Crippen LogP contribution in [0.2, 0.25) is 0 Å². The number of rotatable bonds is 1. The molecule has 3 nitrogen and oxygen atoms in total. The Kier molecular flexibility index (Phi) is 6.01. The molecule has 1 heterocycles. The molecule has 0 saturated carbocycles. The van der Waals surface area contributed by atoms with Crippen molar-refractivity contribution in [3.63, 3.8) is 0 Å². The maximum Gasteiger partial charge on any atom is 1.00 e. The standard InChI is InChI=1S/C14H16BF3NO2.K/c1-9-5-6-11-10(7-9)8-12(15(16,17)18)19(11)13(20)21-14(2,3)4;/h5-8H,1-4H3;/q-1;+1. The van der Waals surface area contributed by atoms with Crippen LogP contribution in [0.5, 0.6) is 0 Å². The zero-order chi connectivity index (χ0) is 16.0. The van der Waals surface area contributed by atoms with Gasteiger partial charge in [0.25, 0.3) is 0 Å². The van der Waals surface area contributed by atoms with E-state index in [1.54, 1.807) is 39.8 Å². The molecule has 2 rings (SSSR count). The summed E-state index contributed by atoms with van der Waals surface area (Å²) in [7, 11) is 0. The van der Waals surface area contributed by atoms with E-state index < -0.39 is 24.3 Å². The normalized spacial score (nSPS) is 12.1. The van der Waals surface area contributed by atoms with Gasteiger partial charge < -0.3 is 17.7 Å². The van der Waals surface area contributed by atoms with Gasteiger partial charge in [-0.3, -0.25) is 4.57 Å². The summed E-state index contributed by atoms with van der Waals surface area (Å²) >= 11 is 0. The molecule has 0 aliphatic rings. The topological polar surface area (TPSA) is 31.2 Å². The number of nitrogens with zero attached hydrogens (tertiary/aromatic N) is 1. The van der Waals surface area contributed by atoms with E-state index >= 15 is 0 Å². The van der Waals surface area contributed by atoms with Crippen LogP contribution in [0.15, 0.2) is 24.3 Å². The van der Waals surface area contributed by atoms with Gasteiger partial charge in [0.1, 0.15) is 5.60 Å². The van der Waals surface area contributed by atoms with Crippen molar-refractivity contribution in [3.05, 3.63) is 29.8 Å². The minimum atomic E-state index is -5.32. The summed E-state index contributed by atoms with van der Waals surface area (Å²) in [6, 6.07) is 5.77. The van der Waals surface area contributed by atoms with Crippen LogP contribution in [0.3, 0.4) is 0 Å². The minimum Gasteiger partial charge on any atom is -0.444 e. The van der Waals surface area contributed by atoms with Gasteiger partial charge in [-0.2, -0.15) is 0 Å². The van der Waals surface area contributed by atoms with Crippen LogP contribution in [0.25, 0.3) is 10.9 Å². The van der Waals surface area contributed by atoms with Gasteiger partial charge in [0.05, 0.1) is 5.52 Å². The van der Waals surface area contributed by atoms with Gasteiger partial charge in [-0.25, -0.2) is 4.79 Å².